The van der Waals surface area contributed by atoms with Crippen LogP contribution in [0.25, 0.3) is 0 Å². The molecule has 6 nitrogen and oxygen atoms in total. The van der Waals surface area contributed by atoms with Gasteiger partial charge in [-0.25, -0.2) is 9.37 Å². The van der Waals surface area contributed by atoms with Crippen LogP contribution >= 0.6 is 0 Å². The predicted octanol–water partition coefficient (Wildman–Crippen LogP) is 2.93. The van der Waals surface area contributed by atoms with E-state index in [-0.39, 0.29) is 18.9 Å². The van der Waals surface area contributed by atoms with Crippen molar-refractivity contribution < 1.29 is 8.78 Å². The molecule has 1 aliphatic heterocycles. The molecule has 0 spiro atoms. The van der Waals surface area contributed by atoms with Crippen LogP contribution in [0.1, 0.15) is 16.7 Å². The normalized spacial score (nSPS) is 13.5. The standard InChI is InChI=1S/C18H20F2N6/c1-22-18-14(7-21)13(9-25-18)6-11-2-3-16(26-17(11)20)24-8-12-4-5-23-10-15(12)19/h2-5,7,9,21-23,25H,6,8,10H2,1H3,(H,24,26). The fourth-order valence-electron chi connectivity index (χ4n) is 2.74. The quantitative estimate of drug-likeness (QED) is 0.389. The van der Waals surface area contributed by atoms with E-state index >= 15 is 0 Å². The predicted molar refractivity (Wildman–Crippen MR) is 99.0 cm³/mol. The topological polar surface area (TPSA) is 88.6 Å². The Balaban J connectivity index is 1.71. The molecule has 0 unspecified atom stereocenters. The lowest BCUT2D eigenvalue weighted by Gasteiger charge is -2.13. The summed E-state index contributed by atoms with van der Waals surface area (Å²) in [5.41, 5.74) is 2.43. The van der Waals surface area contributed by atoms with Crippen molar-refractivity contribution in [1.82, 2.24) is 15.3 Å². The van der Waals surface area contributed by atoms with Gasteiger partial charge in [-0.2, -0.15) is 4.39 Å². The molecule has 5 N–H and O–H groups in total. The molecule has 3 rings (SSSR count). The van der Waals surface area contributed by atoms with Crippen LogP contribution in [-0.2, 0) is 6.42 Å². The number of pyridine rings is 1. The number of H-pyrrole nitrogens is 1. The highest BCUT2D eigenvalue weighted by atomic mass is 19.1. The first-order valence-electron chi connectivity index (χ1n) is 8.17. The van der Waals surface area contributed by atoms with Gasteiger partial charge in [0.25, 0.3) is 0 Å². The zero-order chi connectivity index (χ0) is 18.5. The lowest BCUT2D eigenvalue weighted by molar-refractivity contribution is 0.571. The Hall–Kier alpha value is -3.16. The van der Waals surface area contributed by atoms with E-state index in [9.17, 15) is 8.78 Å². The molecule has 3 heterocycles. The summed E-state index contributed by atoms with van der Waals surface area (Å²) in [7, 11) is 1.75. The first-order valence-corrected chi connectivity index (χ1v) is 8.17. The number of anilines is 2. The van der Waals surface area contributed by atoms with E-state index in [1.54, 1.807) is 37.7 Å². The number of hydrogen-bond donors (Lipinski definition) is 5. The van der Waals surface area contributed by atoms with Gasteiger partial charge >= 0.3 is 0 Å². The summed E-state index contributed by atoms with van der Waals surface area (Å²) in [5.74, 6) is 0.222. The fourth-order valence-corrected chi connectivity index (χ4v) is 2.74. The number of dihydropyridines is 1. The summed E-state index contributed by atoms with van der Waals surface area (Å²) < 4.78 is 28.0. The van der Waals surface area contributed by atoms with Crippen molar-refractivity contribution in [3.05, 3.63) is 64.6 Å². The average molecular weight is 358 g/mol. The maximum Gasteiger partial charge on any atom is 0.218 e. The first-order chi connectivity index (χ1) is 12.6. The van der Waals surface area contributed by atoms with Crippen molar-refractivity contribution in [2.24, 2.45) is 0 Å². The molecule has 1 aliphatic rings. The molecule has 8 heteroatoms. The van der Waals surface area contributed by atoms with Crippen molar-refractivity contribution in [3.8, 4) is 0 Å². The van der Waals surface area contributed by atoms with E-state index in [1.165, 1.54) is 6.21 Å². The van der Waals surface area contributed by atoms with Crippen LogP contribution in [0.3, 0.4) is 0 Å². The number of halogens is 2. The molecule has 0 radical (unpaired) electrons. The van der Waals surface area contributed by atoms with E-state index < -0.39 is 5.95 Å². The van der Waals surface area contributed by atoms with Crippen LogP contribution in [0, 0.1) is 11.4 Å². The molecular formula is C18H20F2N6. The van der Waals surface area contributed by atoms with Gasteiger partial charge in [0.05, 0.1) is 6.54 Å². The summed E-state index contributed by atoms with van der Waals surface area (Å²) in [4.78, 5) is 6.93. The van der Waals surface area contributed by atoms with Crippen molar-refractivity contribution in [2.45, 2.75) is 6.42 Å². The summed E-state index contributed by atoms with van der Waals surface area (Å²) in [6.07, 6.45) is 6.61. The smallest absolute Gasteiger partial charge is 0.218 e. The van der Waals surface area contributed by atoms with Crippen molar-refractivity contribution >= 4 is 17.9 Å². The van der Waals surface area contributed by atoms with Crippen molar-refractivity contribution in [3.63, 3.8) is 0 Å². The molecule has 136 valence electrons. The third kappa shape index (κ3) is 3.74. The minimum absolute atomic E-state index is 0.162. The van der Waals surface area contributed by atoms with Crippen LogP contribution in [0.2, 0.25) is 0 Å². The van der Waals surface area contributed by atoms with Crippen LogP contribution in [0.4, 0.5) is 20.4 Å². The van der Waals surface area contributed by atoms with Crippen LogP contribution in [-0.4, -0.2) is 36.3 Å². The Labute approximate surface area is 149 Å². The highest BCUT2D eigenvalue weighted by Crippen LogP contribution is 2.22. The van der Waals surface area contributed by atoms with Gasteiger partial charge < -0.3 is 26.3 Å². The molecule has 0 fully saturated rings. The number of aromatic nitrogens is 2. The fraction of sp³-hybridized carbons (Fsp3) is 0.222. The highest BCUT2D eigenvalue weighted by Gasteiger charge is 2.13. The Bertz CT molecular complexity index is 869. The summed E-state index contributed by atoms with van der Waals surface area (Å²) >= 11 is 0. The lowest BCUT2D eigenvalue weighted by atomic mass is 10.1. The monoisotopic (exact) mass is 358 g/mol. The maximum absolute atomic E-state index is 14.4. The Morgan fingerprint density at radius 3 is 2.85 bits per heavy atom. The molecular weight excluding hydrogens is 338 g/mol. The van der Waals surface area contributed by atoms with Crippen LogP contribution in [0.15, 0.2) is 42.0 Å². The third-order valence-corrected chi connectivity index (χ3v) is 4.18. The molecule has 0 saturated heterocycles. The summed E-state index contributed by atoms with van der Waals surface area (Å²) in [6, 6.07) is 3.31. The molecule has 2 aromatic rings. The van der Waals surface area contributed by atoms with E-state index in [0.29, 0.717) is 34.8 Å². The minimum Gasteiger partial charge on any atom is -0.384 e. The van der Waals surface area contributed by atoms with Gasteiger partial charge in [0.2, 0.25) is 5.95 Å². The number of aromatic amines is 1. The molecule has 0 aliphatic carbocycles. The Morgan fingerprint density at radius 2 is 2.15 bits per heavy atom. The number of nitrogens with one attached hydrogen (secondary N) is 5. The number of rotatable bonds is 7. The van der Waals surface area contributed by atoms with E-state index in [1.807, 2.05) is 0 Å². The second-order valence-corrected chi connectivity index (χ2v) is 5.82. The summed E-state index contributed by atoms with van der Waals surface area (Å²) in [6.45, 7) is 0.395. The molecule has 0 saturated carbocycles. The zero-order valence-electron chi connectivity index (χ0n) is 14.3. The molecule has 26 heavy (non-hydrogen) atoms. The lowest BCUT2D eigenvalue weighted by Crippen LogP contribution is -2.17. The second-order valence-electron chi connectivity index (χ2n) is 5.82. The first kappa shape index (κ1) is 17.7. The third-order valence-electron chi connectivity index (χ3n) is 4.18. The zero-order valence-corrected chi connectivity index (χ0v) is 14.3. The van der Waals surface area contributed by atoms with Gasteiger partial charge in [0, 0.05) is 49.1 Å². The van der Waals surface area contributed by atoms with E-state index in [2.05, 4.69) is 25.9 Å². The van der Waals surface area contributed by atoms with E-state index in [4.69, 9.17) is 5.41 Å². The largest absolute Gasteiger partial charge is 0.384 e. The molecule has 0 aromatic carbocycles. The van der Waals surface area contributed by atoms with Crippen molar-refractivity contribution in [2.75, 3.05) is 30.8 Å². The Morgan fingerprint density at radius 1 is 1.31 bits per heavy atom. The van der Waals surface area contributed by atoms with Gasteiger partial charge in [0.1, 0.15) is 17.5 Å². The maximum atomic E-state index is 14.4. The molecule has 2 aromatic heterocycles. The molecule has 0 atom stereocenters. The molecule has 0 bridgehead atoms. The van der Waals surface area contributed by atoms with Gasteiger partial charge in [0.15, 0.2) is 0 Å². The van der Waals surface area contributed by atoms with Crippen LogP contribution < -0.4 is 16.0 Å². The van der Waals surface area contributed by atoms with E-state index in [0.717, 1.165) is 5.56 Å². The van der Waals surface area contributed by atoms with Crippen LogP contribution in [0.5, 0.6) is 0 Å². The van der Waals surface area contributed by atoms with Gasteiger partial charge in [-0.3, -0.25) is 0 Å². The van der Waals surface area contributed by atoms with Gasteiger partial charge in [-0.15, -0.1) is 0 Å². The SMILES string of the molecule is CNc1[nH]cc(Cc2ccc(NCC3=C(F)CNC=C3)nc2F)c1C=N. The average Bonchev–Trinajstić information content (AvgIpc) is 3.04. The number of nitrogens with zero attached hydrogens (tertiary/aromatic N) is 1. The Kier molecular flexibility index (Phi) is 5.31. The molecule has 0 amide bonds. The van der Waals surface area contributed by atoms with Gasteiger partial charge in [-0.1, -0.05) is 6.07 Å². The van der Waals surface area contributed by atoms with Gasteiger partial charge in [-0.05, 0) is 23.9 Å². The second kappa shape index (κ2) is 7.81. The summed E-state index contributed by atoms with van der Waals surface area (Å²) in [5, 5.41) is 16.2. The highest BCUT2D eigenvalue weighted by molar-refractivity contribution is 5.87. The minimum atomic E-state index is -0.589. The number of hydrogen-bond acceptors (Lipinski definition) is 5. The van der Waals surface area contributed by atoms with Crippen molar-refractivity contribution in [1.29, 1.82) is 5.41 Å².